The first-order chi connectivity index (χ1) is 28.0. The summed E-state index contributed by atoms with van der Waals surface area (Å²) in [5, 5.41) is 21.1. The molecular weight excluding hydrogens is 737 g/mol. The first kappa shape index (κ1) is 50.6. The molecule has 0 bridgehead atoms. The SMILES string of the molecule is CCCCCCCCCCCCC(OC(C)=O)C1=C(c2ccccc2)C(=O)OC1O.CCCCCCCCCCCCC(OC(C)=O)C1=CC(=O)OC1(O)CCCC. The Kier molecular flexibility index (Phi) is 25.9. The molecule has 2 heterocycles. The summed E-state index contributed by atoms with van der Waals surface area (Å²) in [5.41, 5.74) is 1.73. The van der Waals surface area contributed by atoms with Gasteiger partial charge in [-0.25, -0.2) is 9.59 Å². The van der Waals surface area contributed by atoms with Gasteiger partial charge in [0.2, 0.25) is 12.1 Å². The predicted octanol–water partition coefficient (Wildman–Crippen LogP) is 11.1. The average Bonchev–Trinajstić information content (AvgIpc) is 3.67. The van der Waals surface area contributed by atoms with Crippen molar-refractivity contribution in [1.82, 2.24) is 0 Å². The topological polar surface area (TPSA) is 146 Å². The molecule has 58 heavy (non-hydrogen) atoms. The lowest BCUT2D eigenvalue weighted by atomic mass is 9.93. The summed E-state index contributed by atoms with van der Waals surface area (Å²) in [4.78, 5) is 47.3. The lowest BCUT2D eigenvalue weighted by Crippen LogP contribution is -2.38. The number of rotatable bonds is 30. The summed E-state index contributed by atoms with van der Waals surface area (Å²) in [5.74, 6) is -3.61. The monoisotopic (exact) mass is 813 g/mol. The normalized spacial score (nSPS) is 18.5. The zero-order chi connectivity index (χ0) is 42.6. The van der Waals surface area contributed by atoms with Crippen LogP contribution in [0.5, 0.6) is 0 Å². The Morgan fingerprint density at radius 3 is 1.55 bits per heavy atom. The van der Waals surface area contributed by atoms with Crippen LogP contribution in [0, 0.1) is 0 Å². The van der Waals surface area contributed by atoms with Gasteiger partial charge in [-0.05, 0) is 37.7 Å². The van der Waals surface area contributed by atoms with Crippen molar-refractivity contribution in [2.24, 2.45) is 0 Å². The highest BCUT2D eigenvalue weighted by Gasteiger charge is 2.45. The van der Waals surface area contributed by atoms with Gasteiger partial charge in [-0.2, -0.15) is 0 Å². The van der Waals surface area contributed by atoms with E-state index < -0.39 is 48.2 Å². The number of aliphatic hydroxyl groups is 2. The smallest absolute Gasteiger partial charge is 0.341 e. The van der Waals surface area contributed by atoms with Gasteiger partial charge >= 0.3 is 23.9 Å². The lowest BCUT2D eigenvalue weighted by molar-refractivity contribution is -0.188. The zero-order valence-electron chi connectivity index (χ0n) is 36.5. The summed E-state index contributed by atoms with van der Waals surface area (Å²) >= 11 is 0. The molecule has 0 radical (unpaired) electrons. The summed E-state index contributed by atoms with van der Waals surface area (Å²) < 4.78 is 21.2. The van der Waals surface area contributed by atoms with Crippen LogP contribution in [-0.4, -0.2) is 58.4 Å². The van der Waals surface area contributed by atoms with Crippen molar-refractivity contribution < 1.29 is 48.3 Å². The van der Waals surface area contributed by atoms with Crippen LogP contribution < -0.4 is 0 Å². The van der Waals surface area contributed by atoms with Crippen LogP contribution in [0.15, 0.2) is 47.6 Å². The van der Waals surface area contributed by atoms with E-state index in [2.05, 4.69) is 13.8 Å². The van der Waals surface area contributed by atoms with Gasteiger partial charge in [0.1, 0.15) is 12.2 Å². The molecule has 2 aliphatic heterocycles. The van der Waals surface area contributed by atoms with E-state index in [4.69, 9.17) is 18.9 Å². The molecule has 2 aliphatic rings. The minimum Gasteiger partial charge on any atom is -0.458 e. The van der Waals surface area contributed by atoms with E-state index in [9.17, 15) is 29.4 Å². The third-order valence-corrected chi connectivity index (χ3v) is 10.9. The van der Waals surface area contributed by atoms with E-state index in [1.54, 1.807) is 12.1 Å². The molecule has 0 aromatic heterocycles. The van der Waals surface area contributed by atoms with Crippen LogP contribution >= 0.6 is 0 Å². The molecule has 0 fully saturated rings. The quantitative estimate of drug-likeness (QED) is 0.0437. The molecule has 3 rings (SSSR count). The summed E-state index contributed by atoms with van der Waals surface area (Å²) in [6.07, 6.45) is 26.1. The standard InChI is InChI=1S/C25H36O5.C23H40O5/c1-3-4-5-6-7-8-9-10-11-15-18-21(29-19(2)26)23-22(24(27)30-25(23)28)20-16-13-12-14-17-20;1-4-6-8-9-10-11-12-13-14-15-16-21(27-19(3)24)20-18-22(25)28-23(20,26)17-7-5-2/h12-14,16-17,21,25,28H,3-11,15,18H2,1-2H3;18,21,26H,4-17H2,1-3H3. The van der Waals surface area contributed by atoms with E-state index in [1.165, 1.54) is 110 Å². The molecule has 10 nitrogen and oxygen atoms in total. The van der Waals surface area contributed by atoms with Gasteiger partial charge in [-0.1, -0.05) is 173 Å². The highest BCUT2D eigenvalue weighted by molar-refractivity contribution is 6.19. The second kappa shape index (κ2) is 29.7. The Morgan fingerprint density at radius 2 is 1.09 bits per heavy atom. The number of unbranched alkanes of at least 4 members (excludes halogenated alkanes) is 19. The maximum Gasteiger partial charge on any atom is 0.341 e. The molecule has 1 aromatic rings. The van der Waals surface area contributed by atoms with Crippen molar-refractivity contribution in [3.8, 4) is 0 Å². The van der Waals surface area contributed by atoms with Crippen LogP contribution in [0.25, 0.3) is 5.57 Å². The third kappa shape index (κ3) is 19.5. The molecule has 328 valence electrons. The first-order valence-corrected chi connectivity index (χ1v) is 22.7. The number of aliphatic hydroxyl groups excluding tert-OH is 1. The van der Waals surface area contributed by atoms with Crippen molar-refractivity contribution in [3.63, 3.8) is 0 Å². The van der Waals surface area contributed by atoms with Crippen molar-refractivity contribution in [1.29, 1.82) is 0 Å². The number of ether oxygens (including phenoxy) is 4. The summed E-state index contributed by atoms with van der Waals surface area (Å²) in [6, 6.07) is 9.08. The molecule has 0 saturated heterocycles. The van der Waals surface area contributed by atoms with Gasteiger partial charge in [0.05, 0.1) is 11.1 Å². The Morgan fingerprint density at radius 1 is 0.655 bits per heavy atom. The van der Waals surface area contributed by atoms with Gasteiger partial charge < -0.3 is 29.2 Å². The molecule has 0 amide bonds. The van der Waals surface area contributed by atoms with Crippen molar-refractivity contribution >= 4 is 29.5 Å². The molecular formula is C48H76O10. The molecule has 0 spiro atoms. The molecule has 1 aromatic carbocycles. The number of cyclic esters (lactones) is 2. The summed E-state index contributed by atoms with van der Waals surface area (Å²) in [7, 11) is 0. The second-order valence-electron chi connectivity index (χ2n) is 16.0. The fourth-order valence-electron chi connectivity index (χ4n) is 7.72. The molecule has 2 N–H and O–H groups in total. The van der Waals surface area contributed by atoms with E-state index in [-0.39, 0.29) is 0 Å². The van der Waals surface area contributed by atoms with Crippen molar-refractivity contribution in [2.75, 3.05) is 0 Å². The largest absolute Gasteiger partial charge is 0.458 e. The fraction of sp³-hybridized carbons (Fsp3) is 0.708. The van der Waals surface area contributed by atoms with E-state index in [0.717, 1.165) is 51.4 Å². The Bertz CT molecular complexity index is 1400. The number of hydrogen-bond acceptors (Lipinski definition) is 10. The minimum absolute atomic E-state index is 0.307. The number of esters is 4. The van der Waals surface area contributed by atoms with Crippen LogP contribution in [0.4, 0.5) is 0 Å². The first-order valence-electron chi connectivity index (χ1n) is 22.7. The average molecular weight is 813 g/mol. The summed E-state index contributed by atoms with van der Waals surface area (Å²) in [6.45, 7) is 9.18. The maximum atomic E-state index is 12.3. The van der Waals surface area contributed by atoms with E-state index in [0.29, 0.717) is 41.5 Å². The van der Waals surface area contributed by atoms with Gasteiger partial charge in [-0.3, -0.25) is 9.59 Å². The van der Waals surface area contributed by atoms with Gasteiger partial charge in [0.15, 0.2) is 0 Å². The zero-order valence-corrected chi connectivity index (χ0v) is 36.5. The van der Waals surface area contributed by atoms with Gasteiger partial charge in [-0.15, -0.1) is 0 Å². The number of hydrogen-bond donors (Lipinski definition) is 2. The van der Waals surface area contributed by atoms with Crippen LogP contribution in [0.1, 0.15) is 201 Å². The predicted molar refractivity (Wildman–Crippen MR) is 228 cm³/mol. The minimum atomic E-state index is -1.63. The Balaban J connectivity index is 0.000000401. The molecule has 4 atom stereocenters. The van der Waals surface area contributed by atoms with Crippen LogP contribution in [0.2, 0.25) is 0 Å². The Hall–Kier alpha value is -3.50. The third-order valence-electron chi connectivity index (χ3n) is 10.9. The van der Waals surface area contributed by atoms with E-state index in [1.807, 2.05) is 25.1 Å². The van der Waals surface area contributed by atoms with E-state index >= 15 is 0 Å². The lowest BCUT2D eigenvalue weighted by Gasteiger charge is -2.29. The fourth-order valence-corrected chi connectivity index (χ4v) is 7.72. The van der Waals surface area contributed by atoms with Gasteiger partial charge in [0.25, 0.3) is 0 Å². The number of carbonyl (C=O) groups is 4. The van der Waals surface area contributed by atoms with Crippen molar-refractivity contribution in [2.45, 2.75) is 219 Å². The van der Waals surface area contributed by atoms with Crippen LogP contribution in [0.3, 0.4) is 0 Å². The Labute approximate surface area is 349 Å². The maximum absolute atomic E-state index is 12.3. The molecule has 10 heteroatoms. The molecule has 0 saturated carbocycles. The van der Waals surface area contributed by atoms with Crippen molar-refractivity contribution in [3.05, 3.63) is 53.1 Å². The molecule has 4 unspecified atom stereocenters. The number of benzene rings is 1. The van der Waals surface area contributed by atoms with Gasteiger partial charge in [0, 0.05) is 31.9 Å². The van der Waals surface area contributed by atoms with Crippen LogP contribution in [-0.2, 0) is 38.1 Å². The highest BCUT2D eigenvalue weighted by Crippen LogP contribution is 2.37. The molecule has 0 aliphatic carbocycles. The second-order valence-corrected chi connectivity index (χ2v) is 16.0. The highest BCUT2D eigenvalue weighted by atomic mass is 16.7. The number of carbonyl (C=O) groups excluding carboxylic acids is 4.